The molecule has 0 amide bonds. The largest absolute Gasteiger partial charge is 0.478 e. The number of carboxylic acid groups (broad SMARTS) is 1. The molecular weight excluding hydrogens is 274 g/mol. The Balaban J connectivity index is 1.83. The number of rotatable bonds is 5. The second-order valence-corrected chi connectivity index (χ2v) is 5.84. The molecule has 0 saturated heterocycles. The number of thiazole rings is 1. The van der Waals surface area contributed by atoms with Crippen molar-refractivity contribution in [1.29, 1.82) is 0 Å². The maximum atomic E-state index is 10.8. The van der Waals surface area contributed by atoms with Crippen LogP contribution in [0.2, 0.25) is 0 Å². The summed E-state index contributed by atoms with van der Waals surface area (Å²) in [6, 6.07) is 6.79. The zero-order valence-corrected chi connectivity index (χ0v) is 11.9. The standard InChI is InChI=1S/C15H15NO3S/c1-19-13(10-4-5-10)14-16-12(8-20-14)9-2-6-11(7-3-9)15(17)18/h2-3,6-8,10,13H,4-5H2,1H3,(H,17,18). The third-order valence-electron chi connectivity index (χ3n) is 3.50. The van der Waals surface area contributed by atoms with Gasteiger partial charge in [0, 0.05) is 18.1 Å². The molecule has 0 aliphatic heterocycles. The average molecular weight is 289 g/mol. The fraction of sp³-hybridized carbons (Fsp3) is 0.333. The molecule has 1 aliphatic carbocycles. The number of ether oxygens (including phenoxy) is 1. The van der Waals surface area contributed by atoms with Gasteiger partial charge in [0.05, 0.1) is 11.3 Å². The van der Waals surface area contributed by atoms with Crippen LogP contribution in [-0.2, 0) is 4.74 Å². The van der Waals surface area contributed by atoms with Gasteiger partial charge in [0.15, 0.2) is 0 Å². The summed E-state index contributed by atoms with van der Waals surface area (Å²) < 4.78 is 5.53. The van der Waals surface area contributed by atoms with Crippen LogP contribution in [0.25, 0.3) is 11.3 Å². The van der Waals surface area contributed by atoms with E-state index in [1.54, 1.807) is 42.7 Å². The van der Waals surface area contributed by atoms with Crippen LogP contribution in [0.3, 0.4) is 0 Å². The van der Waals surface area contributed by atoms with Crippen LogP contribution < -0.4 is 0 Å². The van der Waals surface area contributed by atoms with Gasteiger partial charge in [-0.1, -0.05) is 12.1 Å². The van der Waals surface area contributed by atoms with Crippen molar-refractivity contribution < 1.29 is 14.6 Å². The van der Waals surface area contributed by atoms with Gasteiger partial charge in [0.25, 0.3) is 0 Å². The lowest BCUT2D eigenvalue weighted by atomic mass is 10.1. The molecule has 1 saturated carbocycles. The quantitative estimate of drug-likeness (QED) is 0.913. The fourth-order valence-corrected chi connectivity index (χ4v) is 3.22. The normalized spacial score (nSPS) is 16.1. The lowest BCUT2D eigenvalue weighted by Crippen LogP contribution is -2.03. The first kappa shape index (κ1) is 13.3. The lowest BCUT2D eigenvalue weighted by Gasteiger charge is -2.10. The number of aromatic nitrogens is 1. The van der Waals surface area contributed by atoms with E-state index in [-0.39, 0.29) is 11.7 Å². The highest BCUT2D eigenvalue weighted by molar-refractivity contribution is 7.10. The van der Waals surface area contributed by atoms with Gasteiger partial charge in [0.2, 0.25) is 0 Å². The number of nitrogens with zero attached hydrogens (tertiary/aromatic N) is 1. The van der Waals surface area contributed by atoms with E-state index in [0.717, 1.165) is 16.3 Å². The van der Waals surface area contributed by atoms with Crippen molar-refractivity contribution in [3.05, 3.63) is 40.2 Å². The number of benzene rings is 1. The van der Waals surface area contributed by atoms with E-state index in [4.69, 9.17) is 9.84 Å². The Bertz CT molecular complexity index is 616. The number of hydrogen-bond acceptors (Lipinski definition) is 4. The Morgan fingerprint density at radius 2 is 2.10 bits per heavy atom. The van der Waals surface area contributed by atoms with Crippen molar-refractivity contribution >= 4 is 17.3 Å². The van der Waals surface area contributed by atoms with Gasteiger partial charge in [-0.25, -0.2) is 9.78 Å². The number of carbonyl (C=O) groups is 1. The zero-order valence-electron chi connectivity index (χ0n) is 11.1. The molecule has 1 aromatic heterocycles. The molecule has 0 bridgehead atoms. The summed E-state index contributed by atoms with van der Waals surface area (Å²) >= 11 is 1.60. The van der Waals surface area contributed by atoms with E-state index in [2.05, 4.69) is 4.98 Å². The first-order valence-corrected chi connectivity index (χ1v) is 7.39. The smallest absolute Gasteiger partial charge is 0.335 e. The molecule has 0 spiro atoms. The van der Waals surface area contributed by atoms with Crippen LogP contribution >= 0.6 is 11.3 Å². The molecule has 1 heterocycles. The highest BCUT2D eigenvalue weighted by Gasteiger charge is 2.34. The number of carboxylic acids is 1. The minimum Gasteiger partial charge on any atom is -0.478 e. The molecule has 1 atom stereocenters. The van der Waals surface area contributed by atoms with Crippen molar-refractivity contribution in [2.24, 2.45) is 5.92 Å². The van der Waals surface area contributed by atoms with Crippen LogP contribution in [0.5, 0.6) is 0 Å². The second-order valence-electron chi connectivity index (χ2n) is 4.95. The maximum absolute atomic E-state index is 10.8. The Hall–Kier alpha value is -1.72. The molecule has 1 aliphatic rings. The van der Waals surface area contributed by atoms with E-state index in [0.29, 0.717) is 5.92 Å². The van der Waals surface area contributed by atoms with Crippen molar-refractivity contribution in [3.63, 3.8) is 0 Å². The predicted molar refractivity (Wildman–Crippen MR) is 77.0 cm³/mol. The van der Waals surface area contributed by atoms with E-state index >= 15 is 0 Å². The number of aromatic carboxylic acids is 1. The molecule has 2 aromatic rings. The van der Waals surface area contributed by atoms with Gasteiger partial charge in [-0.15, -0.1) is 11.3 Å². The molecule has 5 heteroatoms. The summed E-state index contributed by atoms with van der Waals surface area (Å²) in [4.78, 5) is 15.5. The minimum atomic E-state index is -0.913. The topological polar surface area (TPSA) is 59.4 Å². The van der Waals surface area contributed by atoms with Crippen molar-refractivity contribution in [2.45, 2.75) is 18.9 Å². The van der Waals surface area contributed by atoms with Crippen molar-refractivity contribution in [2.75, 3.05) is 7.11 Å². The molecule has 104 valence electrons. The van der Waals surface area contributed by atoms with Gasteiger partial charge in [-0.2, -0.15) is 0 Å². The first-order chi connectivity index (χ1) is 9.69. The highest BCUT2D eigenvalue weighted by Crippen LogP contribution is 2.44. The summed E-state index contributed by atoms with van der Waals surface area (Å²) in [6.45, 7) is 0. The molecule has 1 aromatic carbocycles. The molecular formula is C15H15NO3S. The molecule has 3 rings (SSSR count). The summed E-state index contributed by atoms with van der Waals surface area (Å²) in [7, 11) is 1.73. The number of hydrogen-bond donors (Lipinski definition) is 1. The van der Waals surface area contributed by atoms with Crippen LogP contribution in [-0.4, -0.2) is 23.2 Å². The summed E-state index contributed by atoms with van der Waals surface area (Å²) in [5.41, 5.74) is 2.10. The lowest BCUT2D eigenvalue weighted by molar-refractivity contribution is 0.0697. The van der Waals surface area contributed by atoms with E-state index in [1.807, 2.05) is 5.38 Å². The molecule has 20 heavy (non-hydrogen) atoms. The van der Waals surface area contributed by atoms with Crippen LogP contribution in [0.4, 0.5) is 0 Å². The van der Waals surface area contributed by atoms with E-state index in [9.17, 15) is 4.79 Å². The molecule has 0 radical (unpaired) electrons. The summed E-state index contributed by atoms with van der Waals surface area (Å²) in [5.74, 6) is -0.308. The minimum absolute atomic E-state index is 0.104. The van der Waals surface area contributed by atoms with Crippen molar-refractivity contribution in [1.82, 2.24) is 4.98 Å². The average Bonchev–Trinajstić information content (AvgIpc) is 3.17. The monoisotopic (exact) mass is 289 g/mol. The van der Waals surface area contributed by atoms with Crippen molar-refractivity contribution in [3.8, 4) is 11.3 Å². The summed E-state index contributed by atoms with van der Waals surface area (Å²) in [5, 5.41) is 11.9. The molecule has 1 N–H and O–H groups in total. The predicted octanol–water partition coefficient (Wildman–Crippen LogP) is 3.61. The Morgan fingerprint density at radius 1 is 1.40 bits per heavy atom. The maximum Gasteiger partial charge on any atom is 0.335 e. The Labute approximate surface area is 121 Å². The van der Waals surface area contributed by atoms with Gasteiger partial charge >= 0.3 is 5.97 Å². The van der Waals surface area contributed by atoms with Gasteiger partial charge < -0.3 is 9.84 Å². The van der Waals surface area contributed by atoms with Gasteiger partial charge in [-0.05, 0) is 30.9 Å². The highest BCUT2D eigenvalue weighted by atomic mass is 32.1. The van der Waals surface area contributed by atoms with E-state index < -0.39 is 5.97 Å². The zero-order chi connectivity index (χ0) is 14.1. The fourth-order valence-electron chi connectivity index (χ4n) is 2.23. The van der Waals surface area contributed by atoms with E-state index in [1.165, 1.54) is 12.8 Å². The molecule has 1 fully saturated rings. The summed E-state index contributed by atoms with van der Waals surface area (Å²) in [6.07, 6.45) is 2.52. The third kappa shape index (κ3) is 2.59. The Morgan fingerprint density at radius 3 is 2.65 bits per heavy atom. The van der Waals surface area contributed by atoms with Gasteiger partial charge in [0.1, 0.15) is 11.1 Å². The SMILES string of the molecule is COC(c1nc(-c2ccc(C(=O)O)cc2)cs1)C1CC1. The third-order valence-corrected chi connectivity index (χ3v) is 4.40. The van der Waals surface area contributed by atoms with Gasteiger partial charge in [-0.3, -0.25) is 0 Å². The second kappa shape index (κ2) is 5.34. The van der Waals surface area contributed by atoms with Crippen LogP contribution in [0.1, 0.15) is 34.3 Å². The number of methoxy groups -OCH3 is 1. The van der Waals surface area contributed by atoms with Crippen LogP contribution in [0.15, 0.2) is 29.6 Å². The van der Waals surface area contributed by atoms with Crippen LogP contribution in [0, 0.1) is 5.92 Å². The molecule has 1 unspecified atom stereocenters. The molecule has 4 nitrogen and oxygen atoms in total. The Kier molecular flexibility index (Phi) is 3.54. The first-order valence-electron chi connectivity index (χ1n) is 6.51.